The normalized spacial score (nSPS) is 14.7. The first-order valence-electron chi connectivity index (χ1n) is 8.24. The number of pyridine rings is 1. The Morgan fingerprint density at radius 2 is 1.76 bits per heavy atom. The van der Waals surface area contributed by atoms with E-state index in [0.717, 1.165) is 24.2 Å². The molecule has 0 radical (unpaired) electrons. The summed E-state index contributed by atoms with van der Waals surface area (Å²) in [6.07, 6.45) is 3.99. The number of nitrogens with one attached hydrogen (secondary N) is 1. The first kappa shape index (κ1) is 17.4. The summed E-state index contributed by atoms with van der Waals surface area (Å²) in [5, 5.41) is 3.33. The SMILES string of the molecule is CNC1(COc2cccnc2-c2ccc(OC)c(OC)c2OC)CC1. The molecule has 1 fully saturated rings. The molecular formula is C19H24N2O4. The molecule has 0 bridgehead atoms. The van der Waals surface area contributed by atoms with Crippen LogP contribution in [0.1, 0.15) is 12.8 Å². The molecule has 0 spiro atoms. The maximum absolute atomic E-state index is 6.09. The van der Waals surface area contributed by atoms with Gasteiger partial charge >= 0.3 is 0 Å². The van der Waals surface area contributed by atoms with Gasteiger partial charge in [-0.1, -0.05) is 0 Å². The van der Waals surface area contributed by atoms with E-state index in [4.69, 9.17) is 18.9 Å². The fraction of sp³-hybridized carbons (Fsp3) is 0.421. The molecule has 0 unspecified atom stereocenters. The minimum Gasteiger partial charge on any atom is -0.493 e. The lowest BCUT2D eigenvalue weighted by atomic mass is 10.1. The van der Waals surface area contributed by atoms with Crippen molar-refractivity contribution in [1.29, 1.82) is 0 Å². The van der Waals surface area contributed by atoms with E-state index < -0.39 is 0 Å². The van der Waals surface area contributed by atoms with Crippen LogP contribution >= 0.6 is 0 Å². The van der Waals surface area contributed by atoms with Crippen molar-refractivity contribution < 1.29 is 18.9 Å². The predicted molar refractivity (Wildman–Crippen MR) is 95.8 cm³/mol. The lowest BCUT2D eigenvalue weighted by Gasteiger charge is -2.19. The summed E-state index contributed by atoms with van der Waals surface area (Å²) in [6.45, 7) is 0.609. The second-order valence-corrected chi connectivity index (χ2v) is 6.05. The van der Waals surface area contributed by atoms with Gasteiger partial charge in [-0.05, 0) is 44.2 Å². The van der Waals surface area contributed by atoms with Crippen molar-refractivity contribution in [3.05, 3.63) is 30.5 Å². The van der Waals surface area contributed by atoms with Crippen LogP contribution in [0.15, 0.2) is 30.5 Å². The van der Waals surface area contributed by atoms with Gasteiger partial charge in [-0.2, -0.15) is 0 Å². The number of likely N-dealkylation sites (N-methyl/N-ethyl adjacent to an activating group) is 1. The minimum atomic E-state index is 0.0921. The maximum atomic E-state index is 6.09. The molecule has 0 aliphatic heterocycles. The van der Waals surface area contributed by atoms with Crippen molar-refractivity contribution in [1.82, 2.24) is 10.3 Å². The van der Waals surface area contributed by atoms with E-state index in [2.05, 4.69) is 10.3 Å². The van der Waals surface area contributed by atoms with Crippen LogP contribution in [-0.2, 0) is 0 Å². The van der Waals surface area contributed by atoms with Gasteiger partial charge in [-0.25, -0.2) is 0 Å². The fourth-order valence-electron chi connectivity index (χ4n) is 2.83. The number of aromatic nitrogens is 1. The number of nitrogens with zero attached hydrogens (tertiary/aromatic N) is 1. The highest BCUT2D eigenvalue weighted by atomic mass is 16.5. The van der Waals surface area contributed by atoms with E-state index >= 15 is 0 Å². The number of benzene rings is 1. The van der Waals surface area contributed by atoms with Gasteiger partial charge in [0.05, 0.1) is 32.4 Å². The Hall–Kier alpha value is -2.47. The quantitative estimate of drug-likeness (QED) is 0.794. The van der Waals surface area contributed by atoms with E-state index in [9.17, 15) is 0 Å². The summed E-state index contributed by atoms with van der Waals surface area (Å²) < 4.78 is 22.5. The van der Waals surface area contributed by atoms with E-state index in [-0.39, 0.29) is 5.54 Å². The average molecular weight is 344 g/mol. The zero-order valence-electron chi connectivity index (χ0n) is 15.1. The highest BCUT2D eigenvalue weighted by Gasteiger charge is 2.42. The van der Waals surface area contributed by atoms with Gasteiger partial charge in [0.1, 0.15) is 18.1 Å². The molecule has 134 valence electrons. The molecule has 1 heterocycles. The van der Waals surface area contributed by atoms with Crippen LogP contribution < -0.4 is 24.3 Å². The third kappa shape index (κ3) is 3.35. The summed E-state index contributed by atoms with van der Waals surface area (Å²) in [4.78, 5) is 4.51. The lowest BCUT2D eigenvalue weighted by molar-refractivity contribution is 0.259. The maximum Gasteiger partial charge on any atom is 0.203 e. The van der Waals surface area contributed by atoms with Gasteiger partial charge in [0.25, 0.3) is 0 Å². The molecule has 6 nitrogen and oxygen atoms in total. The van der Waals surface area contributed by atoms with E-state index in [1.54, 1.807) is 27.5 Å². The van der Waals surface area contributed by atoms with Crippen molar-refractivity contribution in [2.45, 2.75) is 18.4 Å². The summed E-state index contributed by atoms with van der Waals surface area (Å²) in [5.74, 6) is 2.43. The summed E-state index contributed by atoms with van der Waals surface area (Å²) in [5.41, 5.74) is 1.60. The first-order valence-corrected chi connectivity index (χ1v) is 8.24. The van der Waals surface area contributed by atoms with E-state index in [0.29, 0.717) is 29.5 Å². The predicted octanol–water partition coefficient (Wildman–Crippen LogP) is 2.91. The number of ether oxygens (including phenoxy) is 4. The van der Waals surface area contributed by atoms with E-state index in [1.165, 1.54) is 0 Å². The molecular weight excluding hydrogens is 320 g/mol. The van der Waals surface area contributed by atoms with Crippen LogP contribution in [0.4, 0.5) is 0 Å². The van der Waals surface area contributed by atoms with Crippen molar-refractivity contribution in [2.75, 3.05) is 35.0 Å². The third-order valence-corrected chi connectivity index (χ3v) is 4.62. The van der Waals surface area contributed by atoms with Crippen LogP contribution in [0.5, 0.6) is 23.0 Å². The Bertz CT molecular complexity index is 744. The molecule has 6 heteroatoms. The van der Waals surface area contributed by atoms with Gasteiger partial charge in [-0.3, -0.25) is 4.98 Å². The molecule has 0 amide bonds. The molecule has 2 aromatic rings. The molecule has 1 aliphatic rings. The Morgan fingerprint density at radius 1 is 1.00 bits per heavy atom. The van der Waals surface area contributed by atoms with Gasteiger partial charge in [0.2, 0.25) is 5.75 Å². The topological polar surface area (TPSA) is 61.8 Å². The minimum absolute atomic E-state index is 0.0921. The summed E-state index contributed by atoms with van der Waals surface area (Å²) >= 11 is 0. The second kappa shape index (κ2) is 7.19. The number of rotatable bonds is 8. The summed E-state index contributed by atoms with van der Waals surface area (Å²) in [7, 11) is 6.76. The molecule has 1 saturated carbocycles. The Labute approximate surface area is 148 Å². The largest absolute Gasteiger partial charge is 0.493 e. The molecule has 0 saturated heterocycles. The second-order valence-electron chi connectivity index (χ2n) is 6.05. The van der Waals surface area contributed by atoms with Gasteiger partial charge in [0, 0.05) is 6.20 Å². The van der Waals surface area contributed by atoms with Crippen LogP contribution in [0, 0.1) is 0 Å². The Balaban J connectivity index is 1.99. The molecule has 3 rings (SSSR count). The fourth-order valence-corrected chi connectivity index (χ4v) is 2.83. The number of methoxy groups -OCH3 is 3. The first-order chi connectivity index (χ1) is 12.2. The molecule has 1 N–H and O–H groups in total. The average Bonchev–Trinajstić information content (AvgIpc) is 3.45. The molecule has 1 aliphatic carbocycles. The molecule has 1 aromatic heterocycles. The zero-order valence-corrected chi connectivity index (χ0v) is 15.1. The van der Waals surface area contributed by atoms with Crippen LogP contribution in [0.2, 0.25) is 0 Å². The molecule has 1 aromatic carbocycles. The third-order valence-electron chi connectivity index (χ3n) is 4.62. The number of hydrogen-bond acceptors (Lipinski definition) is 6. The van der Waals surface area contributed by atoms with Crippen molar-refractivity contribution in [3.8, 4) is 34.3 Å². The lowest BCUT2D eigenvalue weighted by Crippen LogP contribution is -2.33. The number of hydrogen-bond donors (Lipinski definition) is 1. The molecule has 25 heavy (non-hydrogen) atoms. The highest BCUT2D eigenvalue weighted by Crippen LogP contribution is 2.46. The summed E-state index contributed by atoms with van der Waals surface area (Å²) in [6, 6.07) is 7.53. The molecule has 0 atom stereocenters. The van der Waals surface area contributed by atoms with Crippen LogP contribution in [0.25, 0.3) is 11.3 Å². The van der Waals surface area contributed by atoms with Crippen LogP contribution in [0.3, 0.4) is 0 Å². The Morgan fingerprint density at radius 3 is 2.36 bits per heavy atom. The van der Waals surface area contributed by atoms with Gasteiger partial charge < -0.3 is 24.3 Å². The van der Waals surface area contributed by atoms with Gasteiger partial charge in [0.15, 0.2) is 11.5 Å². The van der Waals surface area contributed by atoms with Crippen molar-refractivity contribution in [2.24, 2.45) is 0 Å². The van der Waals surface area contributed by atoms with Crippen molar-refractivity contribution >= 4 is 0 Å². The zero-order chi connectivity index (χ0) is 17.9. The standard InChI is InChI=1S/C19H24N2O4/c1-20-19(9-10-19)12-25-14-6-5-11-21-16(14)13-7-8-15(22-2)18(24-4)17(13)23-3/h5-8,11,20H,9-10,12H2,1-4H3. The smallest absolute Gasteiger partial charge is 0.203 e. The van der Waals surface area contributed by atoms with Crippen LogP contribution in [-0.4, -0.2) is 45.5 Å². The van der Waals surface area contributed by atoms with E-state index in [1.807, 2.05) is 31.3 Å². The van der Waals surface area contributed by atoms with Crippen molar-refractivity contribution in [3.63, 3.8) is 0 Å². The highest BCUT2D eigenvalue weighted by molar-refractivity contribution is 5.77. The Kier molecular flexibility index (Phi) is 4.99. The monoisotopic (exact) mass is 344 g/mol. The van der Waals surface area contributed by atoms with Gasteiger partial charge in [-0.15, -0.1) is 0 Å².